The van der Waals surface area contributed by atoms with Crippen molar-refractivity contribution in [2.75, 3.05) is 30.9 Å². The van der Waals surface area contributed by atoms with Crippen molar-refractivity contribution in [3.63, 3.8) is 0 Å². The normalized spacial score (nSPS) is 27.2. The molecule has 1 saturated heterocycles. The fourth-order valence-electron chi connectivity index (χ4n) is 2.81. The average Bonchev–Trinajstić information content (AvgIpc) is 3.19. The summed E-state index contributed by atoms with van der Waals surface area (Å²) in [4.78, 5) is 10.7. The van der Waals surface area contributed by atoms with E-state index in [1.54, 1.807) is 0 Å². The number of nitrogens with one attached hydrogen (secondary N) is 1. The van der Waals surface area contributed by atoms with E-state index in [4.69, 9.17) is 21.1 Å². The van der Waals surface area contributed by atoms with E-state index in [9.17, 15) is 4.21 Å². The Bertz CT molecular complexity index is 660. The minimum atomic E-state index is -2.71. The molecular formula is C13H19ClN4O2S. The second-order valence-electron chi connectivity index (χ2n) is 5.84. The predicted octanol–water partition coefficient (Wildman–Crippen LogP) is 2.02. The zero-order chi connectivity index (χ0) is 15.3. The zero-order valence-corrected chi connectivity index (χ0v) is 13.7. The molecule has 21 heavy (non-hydrogen) atoms. The number of morpholine rings is 1. The van der Waals surface area contributed by atoms with Crippen LogP contribution >= 0.6 is 11.6 Å². The Morgan fingerprint density at radius 3 is 2.81 bits per heavy atom. The Kier molecular flexibility index (Phi) is 3.62. The zero-order valence-electron chi connectivity index (χ0n) is 12.1. The lowest BCUT2D eigenvalue weighted by Crippen LogP contribution is -2.44. The molecule has 3 rings (SSSR count). The summed E-state index contributed by atoms with van der Waals surface area (Å²) in [7, 11) is -2.71. The molecule has 0 radical (unpaired) electrons. The highest BCUT2D eigenvalue weighted by Crippen LogP contribution is 2.52. The van der Waals surface area contributed by atoms with Crippen molar-refractivity contribution in [1.29, 1.82) is 4.78 Å². The molecule has 1 aromatic heterocycles. The molecule has 8 heteroatoms. The highest BCUT2D eigenvalue weighted by atomic mass is 35.5. The van der Waals surface area contributed by atoms with Crippen LogP contribution in [0.15, 0.2) is 6.07 Å². The van der Waals surface area contributed by atoms with E-state index < -0.39 is 14.5 Å². The lowest BCUT2D eigenvalue weighted by molar-refractivity contribution is 0.0985. The maximum absolute atomic E-state index is 12.3. The van der Waals surface area contributed by atoms with Gasteiger partial charge in [-0.25, -0.2) is 14.2 Å². The SMILES string of the molecule is C[C@@H]1COCCN1c1cc(C2(S(C)(=N)=O)CC2)nc(Cl)n1. The standard InChI is InChI=1S/C13H19ClN4O2S/c1-9-8-20-6-5-18(9)11-7-10(16-12(14)17-11)13(3-4-13)21(2,15)19/h7,9,15H,3-6,8H2,1-2H3/t9-,21?/m1/s1. The van der Waals surface area contributed by atoms with Gasteiger partial charge in [-0.1, -0.05) is 0 Å². The first-order valence-electron chi connectivity index (χ1n) is 6.96. The van der Waals surface area contributed by atoms with Gasteiger partial charge in [-0.15, -0.1) is 0 Å². The van der Waals surface area contributed by atoms with E-state index in [1.807, 2.05) is 6.07 Å². The van der Waals surface area contributed by atoms with Crippen LogP contribution in [0.1, 0.15) is 25.5 Å². The smallest absolute Gasteiger partial charge is 0.224 e. The molecule has 2 aliphatic rings. The van der Waals surface area contributed by atoms with Crippen LogP contribution in [-0.2, 0) is 19.2 Å². The maximum Gasteiger partial charge on any atom is 0.224 e. The molecule has 1 aromatic rings. The Balaban J connectivity index is 2.01. The van der Waals surface area contributed by atoms with Crippen molar-refractivity contribution in [3.8, 4) is 0 Å². The summed E-state index contributed by atoms with van der Waals surface area (Å²) >= 11 is 6.07. The summed E-state index contributed by atoms with van der Waals surface area (Å²) < 4.78 is 25.0. The first-order chi connectivity index (χ1) is 9.83. The van der Waals surface area contributed by atoms with Gasteiger partial charge in [0.1, 0.15) is 5.82 Å². The van der Waals surface area contributed by atoms with Crippen molar-refractivity contribution in [1.82, 2.24) is 9.97 Å². The van der Waals surface area contributed by atoms with Gasteiger partial charge < -0.3 is 9.64 Å². The Hall–Kier alpha value is -0.920. The summed E-state index contributed by atoms with van der Waals surface area (Å²) in [5.41, 5.74) is 0.638. The summed E-state index contributed by atoms with van der Waals surface area (Å²) in [5.74, 6) is 0.732. The van der Waals surface area contributed by atoms with Crippen LogP contribution < -0.4 is 4.90 Å². The number of hydrogen-bond acceptors (Lipinski definition) is 6. The molecule has 2 fully saturated rings. The molecule has 0 spiro atoms. The predicted molar refractivity (Wildman–Crippen MR) is 82.4 cm³/mol. The van der Waals surface area contributed by atoms with Gasteiger partial charge >= 0.3 is 0 Å². The average molecular weight is 331 g/mol. The van der Waals surface area contributed by atoms with E-state index in [2.05, 4.69) is 21.8 Å². The summed E-state index contributed by atoms with van der Waals surface area (Å²) in [6.45, 7) is 4.10. The Labute approximate surface area is 129 Å². The van der Waals surface area contributed by atoms with Gasteiger partial charge in [0.15, 0.2) is 0 Å². The van der Waals surface area contributed by atoms with E-state index in [0.29, 0.717) is 18.9 Å². The van der Waals surface area contributed by atoms with E-state index in [1.165, 1.54) is 6.26 Å². The van der Waals surface area contributed by atoms with Crippen LogP contribution in [-0.4, -0.2) is 46.2 Å². The van der Waals surface area contributed by atoms with Crippen molar-refractivity contribution >= 4 is 27.1 Å². The summed E-state index contributed by atoms with van der Waals surface area (Å²) in [6, 6.07) is 2.05. The van der Waals surface area contributed by atoms with Crippen LogP contribution in [0.25, 0.3) is 0 Å². The van der Waals surface area contributed by atoms with Gasteiger partial charge in [0.2, 0.25) is 5.28 Å². The minimum absolute atomic E-state index is 0.149. The molecule has 2 atom stereocenters. The molecule has 0 amide bonds. The monoisotopic (exact) mass is 330 g/mol. The molecule has 1 unspecified atom stereocenters. The second-order valence-corrected chi connectivity index (χ2v) is 8.64. The van der Waals surface area contributed by atoms with Gasteiger partial charge in [0, 0.05) is 18.9 Å². The quantitative estimate of drug-likeness (QED) is 0.858. The van der Waals surface area contributed by atoms with E-state index in [0.717, 1.165) is 25.2 Å². The lowest BCUT2D eigenvalue weighted by atomic mass is 10.2. The van der Waals surface area contributed by atoms with Crippen molar-refractivity contribution < 1.29 is 8.95 Å². The highest BCUT2D eigenvalue weighted by Gasteiger charge is 2.53. The first-order valence-corrected chi connectivity index (χ1v) is 9.31. The molecule has 6 nitrogen and oxygen atoms in total. The molecule has 116 valence electrons. The van der Waals surface area contributed by atoms with Gasteiger partial charge in [-0.2, -0.15) is 0 Å². The van der Waals surface area contributed by atoms with E-state index >= 15 is 0 Å². The van der Waals surface area contributed by atoms with E-state index in [-0.39, 0.29) is 11.3 Å². The number of hydrogen-bond donors (Lipinski definition) is 1. The van der Waals surface area contributed by atoms with Crippen molar-refractivity contribution in [3.05, 3.63) is 17.0 Å². The number of anilines is 1. The van der Waals surface area contributed by atoms with Crippen LogP contribution in [0.5, 0.6) is 0 Å². The largest absolute Gasteiger partial charge is 0.377 e. The lowest BCUT2D eigenvalue weighted by Gasteiger charge is -2.34. The van der Waals surface area contributed by atoms with Gasteiger partial charge in [0.25, 0.3) is 0 Å². The molecule has 1 aliphatic carbocycles. The molecular weight excluding hydrogens is 312 g/mol. The molecule has 0 bridgehead atoms. The summed E-state index contributed by atoms with van der Waals surface area (Å²) in [5, 5.41) is 0.149. The third kappa shape index (κ3) is 2.62. The van der Waals surface area contributed by atoms with Crippen LogP contribution in [0.4, 0.5) is 5.82 Å². The van der Waals surface area contributed by atoms with Gasteiger partial charge in [0.05, 0.1) is 39.4 Å². The first kappa shape index (κ1) is 15.0. The minimum Gasteiger partial charge on any atom is -0.377 e. The fraction of sp³-hybridized carbons (Fsp3) is 0.692. The number of halogens is 1. The Morgan fingerprint density at radius 2 is 2.24 bits per heavy atom. The molecule has 1 N–H and O–H groups in total. The number of rotatable bonds is 3. The van der Waals surface area contributed by atoms with Gasteiger partial charge in [-0.05, 0) is 31.4 Å². The number of ether oxygens (including phenoxy) is 1. The van der Waals surface area contributed by atoms with Crippen molar-refractivity contribution in [2.45, 2.75) is 30.6 Å². The molecule has 0 aromatic carbocycles. The maximum atomic E-state index is 12.3. The second kappa shape index (κ2) is 5.07. The fourth-order valence-corrected chi connectivity index (χ4v) is 4.37. The van der Waals surface area contributed by atoms with Crippen LogP contribution in [0.3, 0.4) is 0 Å². The summed E-state index contributed by atoms with van der Waals surface area (Å²) in [6.07, 6.45) is 2.92. The van der Waals surface area contributed by atoms with Crippen molar-refractivity contribution in [2.24, 2.45) is 0 Å². The third-order valence-electron chi connectivity index (χ3n) is 4.26. The molecule has 2 heterocycles. The Morgan fingerprint density at radius 1 is 1.52 bits per heavy atom. The van der Waals surface area contributed by atoms with Crippen LogP contribution in [0.2, 0.25) is 5.28 Å². The molecule has 1 aliphatic heterocycles. The molecule has 1 saturated carbocycles. The number of nitrogens with zero attached hydrogens (tertiary/aromatic N) is 3. The van der Waals surface area contributed by atoms with Gasteiger partial charge in [-0.3, -0.25) is 4.78 Å². The topological polar surface area (TPSA) is 79.2 Å². The van der Waals surface area contributed by atoms with Crippen LogP contribution in [0, 0.1) is 4.78 Å². The third-order valence-corrected chi connectivity index (χ3v) is 6.54. The highest BCUT2D eigenvalue weighted by molar-refractivity contribution is 7.92. The number of aromatic nitrogens is 2.